The SMILES string of the molecule is CCCCCN(C(=O)C(Cc1ccccc1)NC(=O)OC(C)(C)C)C(C(=O)NC(C)C)c1ccc(C)c(C)c1. The number of carbonyl (C=O) groups excluding carboxylic acids is 3. The molecule has 0 aliphatic heterocycles. The molecule has 0 aliphatic carbocycles. The van der Waals surface area contributed by atoms with Crippen LogP contribution in [0.15, 0.2) is 48.5 Å². The number of unbranched alkanes of at least 4 members (excludes halogenated alkanes) is 2. The molecule has 0 saturated carbocycles. The molecule has 3 amide bonds. The minimum absolute atomic E-state index is 0.0980. The van der Waals surface area contributed by atoms with Crippen LogP contribution in [0.4, 0.5) is 4.79 Å². The lowest BCUT2D eigenvalue weighted by Gasteiger charge is -2.35. The molecule has 39 heavy (non-hydrogen) atoms. The summed E-state index contributed by atoms with van der Waals surface area (Å²) < 4.78 is 5.51. The van der Waals surface area contributed by atoms with E-state index in [4.69, 9.17) is 4.74 Å². The third-order valence-electron chi connectivity index (χ3n) is 6.40. The minimum Gasteiger partial charge on any atom is -0.444 e. The molecule has 0 heterocycles. The van der Waals surface area contributed by atoms with Crippen molar-refractivity contribution in [2.45, 2.75) is 105 Å². The Balaban J connectivity index is 2.57. The van der Waals surface area contributed by atoms with Crippen molar-refractivity contribution in [2.24, 2.45) is 0 Å². The third kappa shape index (κ3) is 10.4. The first-order valence-corrected chi connectivity index (χ1v) is 14.0. The van der Waals surface area contributed by atoms with Crippen molar-refractivity contribution >= 4 is 17.9 Å². The first-order valence-electron chi connectivity index (χ1n) is 14.0. The Hall–Kier alpha value is -3.35. The Kier molecular flexibility index (Phi) is 12.0. The van der Waals surface area contributed by atoms with Crippen LogP contribution in [0.2, 0.25) is 0 Å². The predicted molar refractivity (Wildman–Crippen MR) is 156 cm³/mol. The van der Waals surface area contributed by atoms with Gasteiger partial charge in [0, 0.05) is 19.0 Å². The van der Waals surface area contributed by atoms with Crippen LogP contribution in [0.25, 0.3) is 0 Å². The number of hydrogen-bond acceptors (Lipinski definition) is 4. The smallest absolute Gasteiger partial charge is 0.408 e. The van der Waals surface area contributed by atoms with E-state index in [2.05, 4.69) is 17.6 Å². The molecule has 0 aromatic heterocycles. The number of carbonyl (C=O) groups is 3. The molecule has 2 unspecified atom stereocenters. The maximum absolute atomic E-state index is 14.4. The number of nitrogens with zero attached hydrogens (tertiary/aromatic N) is 1. The molecule has 2 aromatic carbocycles. The number of nitrogens with one attached hydrogen (secondary N) is 2. The van der Waals surface area contributed by atoms with Gasteiger partial charge >= 0.3 is 6.09 Å². The quantitative estimate of drug-likeness (QED) is 0.324. The molecule has 7 heteroatoms. The van der Waals surface area contributed by atoms with E-state index in [1.807, 2.05) is 76.2 Å². The van der Waals surface area contributed by atoms with Crippen molar-refractivity contribution in [3.8, 4) is 0 Å². The van der Waals surface area contributed by atoms with Gasteiger partial charge in [-0.1, -0.05) is 68.3 Å². The van der Waals surface area contributed by atoms with Gasteiger partial charge in [-0.05, 0) is 77.1 Å². The van der Waals surface area contributed by atoms with Gasteiger partial charge in [-0.2, -0.15) is 0 Å². The van der Waals surface area contributed by atoms with Crippen molar-refractivity contribution < 1.29 is 19.1 Å². The predicted octanol–water partition coefficient (Wildman–Crippen LogP) is 6.02. The molecule has 214 valence electrons. The van der Waals surface area contributed by atoms with Crippen molar-refractivity contribution in [1.82, 2.24) is 15.5 Å². The second kappa shape index (κ2) is 14.7. The molecular formula is C32H47N3O4. The van der Waals surface area contributed by atoms with Gasteiger partial charge in [0.25, 0.3) is 0 Å². The molecule has 0 spiro atoms. The standard InChI is InChI=1S/C32H47N3O4/c1-9-10-14-19-35(28(29(36)33-22(2)3)26-18-17-23(4)24(5)20-26)30(37)27(21-25-15-12-11-13-16-25)34-31(38)39-32(6,7)8/h11-13,15-18,20,22,27-28H,9-10,14,19,21H2,1-8H3,(H,33,36)(H,34,38). The van der Waals surface area contributed by atoms with Gasteiger partial charge in [-0.3, -0.25) is 9.59 Å². The number of benzene rings is 2. The second-order valence-corrected chi connectivity index (χ2v) is 11.5. The van der Waals surface area contributed by atoms with E-state index in [1.165, 1.54) is 0 Å². The summed E-state index contributed by atoms with van der Waals surface area (Å²) in [6, 6.07) is 13.6. The zero-order chi connectivity index (χ0) is 29.2. The van der Waals surface area contributed by atoms with E-state index >= 15 is 0 Å². The fraction of sp³-hybridized carbons (Fsp3) is 0.531. The van der Waals surface area contributed by atoms with Crippen molar-refractivity contribution in [3.63, 3.8) is 0 Å². The summed E-state index contributed by atoms with van der Waals surface area (Å²) in [5.74, 6) is -0.559. The number of amides is 3. The van der Waals surface area contributed by atoms with E-state index in [1.54, 1.807) is 25.7 Å². The molecule has 0 fully saturated rings. The van der Waals surface area contributed by atoms with Gasteiger partial charge in [0.15, 0.2) is 0 Å². The zero-order valence-electron chi connectivity index (χ0n) is 25.0. The molecule has 2 atom stereocenters. The Morgan fingerprint density at radius 3 is 2.15 bits per heavy atom. The van der Waals surface area contributed by atoms with Gasteiger partial charge in [0.1, 0.15) is 17.7 Å². The average Bonchev–Trinajstić information content (AvgIpc) is 2.83. The minimum atomic E-state index is -0.912. The molecule has 0 radical (unpaired) electrons. The van der Waals surface area contributed by atoms with Crippen LogP contribution in [0.3, 0.4) is 0 Å². The highest BCUT2D eigenvalue weighted by molar-refractivity contribution is 5.92. The number of alkyl carbamates (subject to hydrolysis) is 1. The van der Waals surface area contributed by atoms with E-state index in [9.17, 15) is 14.4 Å². The largest absolute Gasteiger partial charge is 0.444 e. The van der Waals surface area contributed by atoms with Gasteiger partial charge in [-0.15, -0.1) is 0 Å². The summed E-state index contributed by atoms with van der Waals surface area (Å²) >= 11 is 0. The van der Waals surface area contributed by atoms with Crippen molar-refractivity contribution in [1.29, 1.82) is 0 Å². The van der Waals surface area contributed by atoms with Crippen molar-refractivity contribution in [2.75, 3.05) is 6.54 Å². The summed E-state index contributed by atoms with van der Waals surface area (Å²) in [5.41, 5.74) is 3.08. The fourth-order valence-corrected chi connectivity index (χ4v) is 4.37. The van der Waals surface area contributed by atoms with Crippen LogP contribution in [0, 0.1) is 13.8 Å². The summed E-state index contributed by atoms with van der Waals surface area (Å²) in [4.78, 5) is 42.6. The Bertz CT molecular complexity index is 1090. The summed E-state index contributed by atoms with van der Waals surface area (Å²) in [5, 5.41) is 5.83. The Labute approximate surface area is 234 Å². The lowest BCUT2D eigenvalue weighted by Crippen LogP contribution is -2.54. The number of aryl methyl sites for hydroxylation is 2. The molecule has 2 rings (SSSR count). The molecule has 0 aliphatic rings. The summed E-state index contributed by atoms with van der Waals surface area (Å²) in [6.45, 7) is 15.7. The number of ether oxygens (including phenoxy) is 1. The van der Waals surface area contributed by atoms with E-state index in [0.717, 1.165) is 41.5 Å². The Morgan fingerprint density at radius 2 is 1.59 bits per heavy atom. The average molecular weight is 538 g/mol. The van der Waals surface area contributed by atoms with Crippen LogP contribution in [0.1, 0.15) is 89.1 Å². The van der Waals surface area contributed by atoms with Gasteiger partial charge < -0.3 is 20.3 Å². The molecule has 7 nitrogen and oxygen atoms in total. The Morgan fingerprint density at radius 1 is 0.923 bits per heavy atom. The monoisotopic (exact) mass is 537 g/mol. The van der Waals surface area contributed by atoms with Gasteiger partial charge in [0.05, 0.1) is 0 Å². The third-order valence-corrected chi connectivity index (χ3v) is 6.40. The second-order valence-electron chi connectivity index (χ2n) is 11.5. The first kappa shape index (κ1) is 31.9. The lowest BCUT2D eigenvalue weighted by molar-refractivity contribution is -0.142. The maximum atomic E-state index is 14.4. The van der Waals surface area contributed by atoms with Gasteiger partial charge in [0.2, 0.25) is 11.8 Å². The molecule has 2 N–H and O–H groups in total. The van der Waals surface area contributed by atoms with Crippen LogP contribution in [-0.2, 0) is 20.7 Å². The van der Waals surface area contributed by atoms with Crippen molar-refractivity contribution in [3.05, 3.63) is 70.8 Å². The van der Waals surface area contributed by atoms with E-state index in [0.29, 0.717) is 6.54 Å². The van der Waals surface area contributed by atoms with E-state index in [-0.39, 0.29) is 24.3 Å². The first-order chi connectivity index (χ1) is 18.3. The lowest BCUT2D eigenvalue weighted by atomic mass is 9.97. The molecule has 0 saturated heterocycles. The van der Waals surface area contributed by atoms with Crippen LogP contribution in [0.5, 0.6) is 0 Å². The normalized spacial score (nSPS) is 12.9. The molecular weight excluding hydrogens is 490 g/mol. The van der Waals surface area contributed by atoms with Crippen LogP contribution in [-0.4, -0.2) is 47.0 Å². The molecule has 2 aromatic rings. The topological polar surface area (TPSA) is 87.7 Å². The highest BCUT2D eigenvalue weighted by Crippen LogP contribution is 2.26. The summed E-state index contributed by atoms with van der Waals surface area (Å²) in [7, 11) is 0. The number of hydrogen-bond donors (Lipinski definition) is 2. The summed E-state index contributed by atoms with van der Waals surface area (Å²) in [6.07, 6.45) is 2.23. The zero-order valence-corrected chi connectivity index (χ0v) is 25.0. The van der Waals surface area contributed by atoms with Crippen LogP contribution >= 0.6 is 0 Å². The molecule has 0 bridgehead atoms. The van der Waals surface area contributed by atoms with Crippen LogP contribution < -0.4 is 10.6 Å². The maximum Gasteiger partial charge on any atom is 0.408 e. The number of rotatable bonds is 12. The highest BCUT2D eigenvalue weighted by Gasteiger charge is 2.36. The van der Waals surface area contributed by atoms with E-state index < -0.39 is 23.8 Å². The fourth-order valence-electron chi connectivity index (χ4n) is 4.37. The van der Waals surface area contributed by atoms with Gasteiger partial charge in [-0.25, -0.2) is 4.79 Å². The highest BCUT2D eigenvalue weighted by atomic mass is 16.6.